The van der Waals surface area contributed by atoms with Gasteiger partial charge in [0.25, 0.3) is 11.1 Å². The molecule has 5 heteroatoms. The zero-order valence-corrected chi connectivity index (χ0v) is 15.3. The molecule has 1 fully saturated rings. The number of ether oxygens (including phenoxy) is 1. The van der Waals surface area contributed by atoms with Crippen molar-refractivity contribution in [3.05, 3.63) is 69.6 Å². The van der Waals surface area contributed by atoms with Crippen LogP contribution < -0.4 is 4.74 Å². The minimum absolute atomic E-state index is 0.219. The number of aryl methyl sites for hydroxylation is 2. The number of benzene rings is 2. The zero-order valence-electron chi connectivity index (χ0n) is 14.5. The zero-order chi connectivity index (χ0) is 18.1. The summed E-state index contributed by atoms with van der Waals surface area (Å²) in [5, 5.41) is -0.219. The molecule has 132 valence electrons. The summed E-state index contributed by atoms with van der Waals surface area (Å²) in [5.41, 5.74) is 4.18. The summed E-state index contributed by atoms with van der Waals surface area (Å²) in [7, 11) is 0. The van der Waals surface area contributed by atoms with E-state index in [9.17, 15) is 9.59 Å². The van der Waals surface area contributed by atoms with Gasteiger partial charge in [0.2, 0.25) is 0 Å². The Bertz CT molecular complexity index is 902. The molecule has 2 aromatic carbocycles. The molecule has 26 heavy (non-hydrogen) atoms. The third-order valence-corrected chi connectivity index (χ3v) is 5.47. The molecule has 0 radical (unpaired) electrons. The Morgan fingerprint density at radius 1 is 1.15 bits per heavy atom. The number of amides is 2. The lowest BCUT2D eigenvalue weighted by molar-refractivity contribution is -0.123. The van der Waals surface area contributed by atoms with Gasteiger partial charge in [-0.15, -0.1) is 0 Å². The first-order valence-electron chi connectivity index (χ1n) is 8.67. The summed E-state index contributed by atoms with van der Waals surface area (Å²) in [5.74, 6) is 0.690. The largest absolute Gasteiger partial charge is 0.493 e. The minimum atomic E-state index is -0.227. The lowest BCUT2D eigenvalue weighted by Gasteiger charge is -2.17. The van der Waals surface area contributed by atoms with Crippen LogP contribution in [-0.2, 0) is 17.8 Å². The molecule has 1 saturated heterocycles. The topological polar surface area (TPSA) is 46.6 Å². The van der Waals surface area contributed by atoms with Crippen molar-refractivity contribution in [1.82, 2.24) is 4.90 Å². The maximum absolute atomic E-state index is 12.7. The SMILES string of the molecule is Cc1ccc(CN2C(=O)S/C(=C/c3ccc4c(c3)CCCO4)C2=O)cc1. The summed E-state index contributed by atoms with van der Waals surface area (Å²) in [6.07, 6.45) is 3.78. The van der Waals surface area contributed by atoms with E-state index < -0.39 is 0 Å². The number of hydrogen-bond donors (Lipinski definition) is 0. The fourth-order valence-electron chi connectivity index (χ4n) is 3.13. The fraction of sp³-hybridized carbons (Fsp3) is 0.238. The van der Waals surface area contributed by atoms with Gasteiger partial charge in [-0.1, -0.05) is 35.9 Å². The first-order chi connectivity index (χ1) is 12.6. The van der Waals surface area contributed by atoms with Crippen LogP contribution in [-0.4, -0.2) is 22.7 Å². The number of carbonyl (C=O) groups is 2. The summed E-state index contributed by atoms with van der Waals surface area (Å²) >= 11 is 1.00. The van der Waals surface area contributed by atoms with Crippen molar-refractivity contribution in [1.29, 1.82) is 0 Å². The third kappa shape index (κ3) is 3.40. The van der Waals surface area contributed by atoms with E-state index in [0.717, 1.165) is 59.2 Å². The van der Waals surface area contributed by atoms with Crippen LogP contribution in [0.25, 0.3) is 6.08 Å². The number of rotatable bonds is 3. The first kappa shape index (κ1) is 16.9. The molecule has 2 aliphatic rings. The number of hydrogen-bond acceptors (Lipinski definition) is 4. The number of fused-ring (bicyclic) bond motifs is 1. The number of carbonyl (C=O) groups excluding carboxylic acids is 2. The first-order valence-corrected chi connectivity index (χ1v) is 9.48. The van der Waals surface area contributed by atoms with E-state index in [2.05, 4.69) is 0 Å². The van der Waals surface area contributed by atoms with Crippen LogP contribution in [0, 0.1) is 6.92 Å². The van der Waals surface area contributed by atoms with E-state index in [1.54, 1.807) is 6.08 Å². The molecule has 0 N–H and O–H groups in total. The predicted octanol–water partition coefficient (Wildman–Crippen LogP) is 4.56. The Kier molecular flexibility index (Phi) is 4.55. The van der Waals surface area contributed by atoms with Crippen molar-refractivity contribution in [2.24, 2.45) is 0 Å². The molecule has 0 spiro atoms. The Morgan fingerprint density at radius 2 is 1.96 bits per heavy atom. The van der Waals surface area contributed by atoms with Crippen LogP contribution in [0.4, 0.5) is 4.79 Å². The van der Waals surface area contributed by atoms with Crippen molar-refractivity contribution < 1.29 is 14.3 Å². The smallest absolute Gasteiger partial charge is 0.293 e. The van der Waals surface area contributed by atoms with E-state index in [1.807, 2.05) is 49.4 Å². The van der Waals surface area contributed by atoms with Crippen molar-refractivity contribution in [3.8, 4) is 5.75 Å². The molecule has 0 atom stereocenters. The Labute approximate surface area is 156 Å². The predicted molar refractivity (Wildman–Crippen MR) is 103 cm³/mol. The van der Waals surface area contributed by atoms with Gasteiger partial charge in [-0.25, -0.2) is 0 Å². The van der Waals surface area contributed by atoms with Gasteiger partial charge in [0.05, 0.1) is 18.1 Å². The maximum atomic E-state index is 12.7. The van der Waals surface area contributed by atoms with Crippen LogP contribution in [0.1, 0.15) is 28.7 Å². The van der Waals surface area contributed by atoms with Crippen LogP contribution in [0.3, 0.4) is 0 Å². The Morgan fingerprint density at radius 3 is 2.77 bits per heavy atom. The van der Waals surface area contributed by atoms with Gasteiger partial charge in [-0.3, -0.25) is 14.5 Å². The van der Waals surface area contributed by atoms with Crippen molar-refractivity contribution >= 4 is 29.0 Å². The van der Waals surface area contributed by atoms with Gasteiger partial charge < -0.3 is 4.74 Å². The molecule has 4 rings (SSSR count). The average Bonchev–Trinajstić information content (AvgIpc) is 2.91. The highest BCUT2D eigenvalue weighted by atomic mass is 32.2. The molecule has 0 aliphatic carbocycles. The van der Waals surface area contributed by atoms with Gasteiger partial charge in [-0.05, 0) is 66.4 Å². The van der Waals surface area contributed by atoms with Gasteiger partial charge in [0, 0.05) is 0 Å². The lowest BCUT2D eigenvalue weighted by atomic mass is 10.0. The van der Waals surface area contributed by atoms with Gasteiger partial charge in [0.1, 0.15) is 5.75 Å². The summed E-state index contributed by atoms with van der Waals surface area (Å²) in [4.78, 5) is 26.7. The van der Waals surface area contributed by atoms with Gasteiger partial charge in [-0.2, -0.15) is 0 Å². The van der Waals surface area contributed by atoms with Gasteiger partial charge >= 0.3 is 0 Å². The second kappa shape index (κ2) is 7.00. The van der Waals surface area contributed by atoms with Crippen LogP contribution >= 0.6 is 11.8 Å². The standard InChI is InChI=1S/C21H19NO3S/c1-14-4-6-15(7-5-14)13-22-20(23)19(26-21(22)24)12-16-8-9-18-17(11-16)3-2-10-25-18/h4-9,11-12H,2-3,10,13H2,1H3/b19-12+. The maximum Gasteiger partial charge on any atom is 0.293 e. The van der Waals surface area contributed by atoms with Gasteiger partial charge in [0.15, 0.2) is 0 Å². The molecule has 2 amide bonds. The molecule has 4 nitrogen and oxygen atoms in total. The number of nitrogens with zero attached hydrogens (tertiary/aromatic N) is 1. The molecule has 0 aromatic heterocycles. The van der Waals surface area contributed by atoms with Crippen molar-refractivity contribution in [2.45, 2.75) is 26.3 Å². The summed E-state index contributed by atoms with van der Waals surface area (Å²) in [6, 6.07) is 13.8. The fourth-order valence-corrected chi connectivity index (χ4v) is 3.97. The molecular formula is C21H19NO3S. The Hall–Kier alpha value is -2.53. The highest BCUT2D eigenvalue weighted by molar-refractivity contribution is 8.18. The van der Waals surface area contributed by atoms with Crippen molar-refractivity contribution in [2.75, 3.05) is 6.61 Å². The van der Waals surface area contributed by atoms with Crippen LogP contribution in [0.5, 0.6) is 5.75 Å². The molecule has 2 aromatic rings. The third-order valence-electron chi connectivity index (χ3n) is 4.57. The molecule has 2 heterocycles. The number of imide groups is 1. The molecular weight excluding hydrogens is 346 g/mol. The summed E-state index contributed by atoms with van der Waals surface area (Å²) in [6.45, 7) is 3.07. The highest BCUT2D eigenvalue weighted by Crippen LogP contribution is 2.34. The number of thioether (sulfide) groups is 1. The van der Waals surface area contributed by atoms with E-state index in [1.165, 1.54) is 4.90 Å². The Balaban J connectivity index is 1.54. The second-order valence-electron chi connectivity index (χ2n) is 6.57. The van der Waals surface area contributed by atoms with Crippen molar-refractivity contribution in [3.63, 3.8) is 0 Å². The normalized spacial score (nSPS) is 18.2. The van der Waals surface area contributed by atoms with Crippen LogP contribution in [0.15, 0.2) is 47.4 Å². The van der Waals surface area contributed by atoms with E-state index in [4.69, 9.17) is 4.74 Å². The monoisotopic (exact) mass is 365 g/mol. The minimum Gasteiger partial charge on any atom is -0.493 e. The quantitative estimate of drug-likeness (QED) is 0.748. The van der Waals surface area contributed by atoms with E-state index >= 15 is 0 Å². The molecule has 2 aliphatic heterocycles. The second-order valence-corrected chi connectivity index (χ2v) is 7.57. The molecule has 0 unspecified atom stereocenters. The lowest BCUT2D eigenvalue weighted by Crippen LogP contribution is -2.27. The molecule has 0 bridgehead atoms. The van der Waals surface area contributed by atoms with E-state index in [0.29, 0.717) is 11.4 Å². The van der Waals surface area contributed by atoms with E-state index in [-0.39, 0.29) is 11.1 Å². The molecule has 0 saturated carbocycles. The van der Waals surface area contributed by atoms with Crippen LogP contribution in [0.2, 0.25) is 0 Å². The highest BCUT2D eigenvalue weighted by Gasteiger charge is 2.35. The summed E-state index contributed by atoms with van der Waals surface area (Å²) < 4.78 is 5.62. The average molecular weight is 365 g/mol.